The molecule has 10 heteroatoms. The van der Waals surface area contributed by atoms with Gasteiger partial charge in [0.1, 0.15) is 0 Å². The molecule has 0 aliphatic heterocycles. The Balaban J connectivity index is 1.17. The van der Waals surface area contributed by atoms with Crippen molar-refractivity contribution in [2.75, 3.05) is 36.6 Å². The topological polar surface area (TPSA) is 115 Å². The van der Waals surface area contributed by atoms with Crippen molar-refractivity contribution in [3.63, 3.8) is 0 Å². The summed E-state index contributed by atoms with van der Waals surface area (Å²) < 4.78 is 0. The number of nitrogens with zero attached hydrogens (tertiary/aromatic N) is 3. The van der Waals surface area contributed by atoms with Crippen LogP contribution in [0.3, 0.4) is 0 Å². The summed E-state index contributed by atoms with van der Waals surface area (Å²) in [5.41, 5.74) is 3.95. The van der Waals surface area contributed by atoms with E-state index in [-0.39, 0.29) is 23.8 Å². The minimum absolute atomic E-state index is 0.0172. The first-order chi connectivity index (χ1) is 19.9. The maximum absolute atomic E-state index is 13.1. The molecule has 5 rings (SSSR count). The van der Waals surface area contributed by atoms with E-state index in [2.05, 4.69) is 25.9 Å². The zero-order valence-corrected chi connectivity index (χ0v) is 23.9. The van der Waals surface area contributed by atoms with E-state index in [0.29, 0.717) is 41.0 Å². The first kappa shape index (κ1) is 28.3. The van der Waals surface area contributed by atoms with E-state index in [1.165, 1.54) is 6.08 Å². The molecular formula is C31H34ClN7O2. The number of likely N-dealkylation sites (N-methyl/N-ethyl adjacent to an activating group) is 1. The lowest BCUT2D eigenvalue weighted by atomic mass is 9.85. The predicted octanol–water partition coefficient (Wildman–Crippen LogP) is 5.94. The fourth-order valence-electron chi connectivity index (χ4n) is 5.07. The molecule has 0 radical (unpaired) electrons. The van der Waals surface area contributed by atoms with Gasteiger partial charge in [-0.1, -0.05) is 42.3 Å². The Morgan fingerprint density at radius 3 is 2.61 bits per heavy atom. The van der Waals surface area contributed by atoms with Crippen LogP contribution in [0.2, 0.25) is 5.02 Å². The van der Waals surface area contributed by atoms with E-state index in [9.17, 15) is 9.59 Å². The SMILES string of the molecule is CN(C)C/C=C/C(=O)Nc1ccc(NC(=O)[C@H]2CCC[C@@H](Nc3ncc(Cl)c(-c4c[nH]c5ccccc45)n3)C2)cc1. The fourth-order valence-corrected chi connectivity index (χ4v) is 5.26. The van der Waals surface area contributed by atoms with E-state index < -0.39 is 0 Å². The summed E-state index contributed by atoms with van der Waals surface area (Å²) in [5, 5.41) is 10.8. The minimum Gasteiger partial charge on any atom is -0.360 e. The molecule has 4 aromatic rings. The van der Waals surface area contributed by atoms with Gasteiger partial charge in [0.2, 0.25) is 17.8 Å². The second-order valence-corrected chi connectivity index (χ2v) is 11.0. The molecule has 212 valence electrons. The average molecular weight is 572 g/mol. The summed E-state index contributed by atoms with van der Waals surface area (Å²) >= 11 is 6.49. The van der Waals surface area contributed by atoms with Crippen LogP contribution in [-0.4, -0.2) is 58.3 Å². The molecule has 0 unspecified atom stereocenters. The van der Waals surface area contributed by atoms with Crippen molar-refractivity contribution >= 4 is 51.6 Å². The third-order valence-corrected chi connectivity index (χ3v) is 7.40. The highest BCUT2D eigenvalue weighted by Crippen LogP contribution is 2.33. The predicted molar refractivity (Wildman–Crippen MR) is 165 cm³/mol. The van der Waals surface area contributed by atoms with Crippen LogP contribution in [0, 0.1) is 5.92 Å². The van der Waals surface area contributed by atoms with Crippen LogP contribution in [0.15, 0.2) is 73.1 Å². The molecule has 4 N–H and O–H groups in total. The van der Waals surface area contributed by atoms with Crippen molar-refractivity contribution in [1.82, 2.24) is 19.9 Å². The number of carbonyl (C=O) groups excluding carboxylic acids is 2. The molecule has 2 atom stereocenters. The normalized spacial score (nSPS) is 17.2. The number of hydrogen-bond acceptors (Lipinski definition) is 6. The standard InChI is InChI=1S/C31H34ClN7O2/c1-39(2)16-6-11-28(40)35-21-12-14-22(15-13-21)36-30(41)20-7-5-8-23(17-20)37-31-34-19-26(32)29(38-31)25-18-33-27-10-4-3-9-24(25)27/h3-4,6,9-15,18-20,23,33H,5,7-8,16-17H2,1-2H3,(H,35,40)(H,36,41)(H,34,37,38)/b11-6+/t20-,23+/m0/s1. The van der Waals surface area contributed by atoms with Gasteiger partial charge in [-0.2, -0.15) is 0 Å². The molecule has 2 amide bonds. The number of rotatable bonds is 9. The molecule has 2 aromatic carbocycles. The fraction of sp³-hybridized carbons (Fsp3) is 0.290. The van der Waals surface area contributed by atoms with E-state index >= 15 is 0 Å². The largest absolute Gasteiger partial charge is 0.360 e. The second-order valence-electron chi connectivity index (χ2n) is 10.6. The molecule has 1 aliphatic rings. The maximum Gasteiger partial charge on any atom is 0.248 e. The van der Waals surface area contributed by atoms with Crippen molar-refractivity contribution < 1.29 is 9.59 Å². The number of carbonyl (C=O) groups is 2. The summed E-state index contributed by atoms with van der Waals surface area (Å²) in [5.74, 6) is 0.150. The van der Waals surface area contributed by atoms with Crippen LogP contribution in [-0.2, 0) is 9.59 Å². The molecular weight excluding hydrogens is 538 g/mol. The number of nitrogens with one attached hydrogen (secondary N) is 4. The van der Waals surface area contributed by atoms with Crippen molar-refractivity contribution in [2.24, 2.45) is 5.92 Å². The van der Waals surface area contributed by atoms with Crippen LogP contribution in [0.5, 0.6) is 0 Å². The Morgan fingerprint density at radius 2 is 1.83 bits per heavy atom. The monoisotopic (exact) mass is 571 g/mol. The van der Waals surface area contributed by atoms with Gasteiger partial charge in [0.05, 0.1) is 16.9 Å². The third-order valence-electron chi connectivity index (χ3n) is 7.13. The number of halogens is 1. The lowest BCUT2D eigenvalue weighted by molar-refractivity contribution is -0.120. The number of fused-ring (bicyclic) bond motifs is 1. The molecule has 2 heterocycles. The Labute approximate surface area is 244 Å². The molecule has 1 fully saturated rings. The van der Waals surface area contributed by atoms with Gasteiger partial charge < -0.3 is 25.8 Å². The van der Waals surface area contributed by atoms with Gasteiger partial charge in [0, 0.05) is 58.6 Å². The van der Waals surface area contributed by atoms with Crippen LogP contribution >= 0.6 is 11.6 Å². The van der Waals surface area contributed by atoms with Gasteiger partial charge in [0.15, 0.2) is 0 Å². The van der Waals surface area contributed by atoms with E-state index in [1.54, 1.807) is 36.5 Å². The Hall–Kier alpha value is -4.21. The summed E-state index contributed by atoms with van der Waals surface area (Å²) in [7, 11) is 3.88. The molecule has 0 spiro atoms. The Kier molecular flexibility index (Phi) is 8.96. The lowest BCUT2D eigenvalue weighted by Gasteiger charge is -2.29. The highest BCUT2D eigenvalue weighted by molar-refractivity contribution is 6.33. The Morgan fingerprint density at radius 1 is 1.07 bits per heavy atom. The quantitative estimate of drug-likeness (QED) is 0.185. The summed E-state index contributed by atoms with van der Waals surface area (Å²) in [6.45, 7) is 0.689. The van der Waals surface area contributed by atoms with Gasteiger partial charge >= 0.3 is 0 Å². The summed E-state index contributed by atoms with van der Waals surface area (Å²) in [6.07, 6.45) is 10.2. The van der Waals surface area contributed by atoms with Gasteiger partial charge in [-0.05, 0) is 63.7 Å². The number of benzene rings is 2. The van der Waals surface area contributed by atoms with Gasteiger partial charge in [-0.3, -0.25) is 9.59 Å². The summed E-state index contributed by atoms with van der Waals surface area (Å²) in [6, 6.07) is 15.2. The molecule has 41 heavy (non-hydrogen) atoms. The van der Waals surface area contributed by atoms with Crippen molar-refractivity contribution in [2.45, 2.75) is 31.7 Å². The average Bonchev–Trinajstić information content (AvgIpc) is 3.39. The van der Waals surface area contributed by atoms with E-state index in [0.717, 1.165) is 35.7 Å². The van der Waals surface area contributed by atoms with Crippen LogP contribution in [0.25, 0.3) is 22.2 Å². The van der Waals surface area contributed by atoms with Crippen LogP contribution in [0.4, 0.5) is 17.3 Å². The number of hydrogen-bond donors (Lipinski definition) is 4. The van der Waals surface area contributed by atoms with Crippen LogP contribution < -0.4 is 16.0 Å². The van der Waals surface area contributed by atoms with Gasteiger partial charge in [-0.15, -0.1) is 0 Å². The van der Waals surface area contributed by atoms with E-state index in [1.807, 2.05) is 49.5 Å². The molecule has 0 bridgehead atoms. The van der Waals surface area contributed by atoms with E-state index in [4.69, 9.17) is 16.6 Å². The number of amides is 2. The van der Waals surface area contributed by atoms with Gasteiger partial charge in [-0.25, -0.2) is 9.97 Å². The maximum atomic E-state index is 13.1. The Bertz CT molecular complexity index is 1550. The molecule has 2 aromatic heterocycles. The number of aromatic amines is 1. The highest BCUT2D eigenvalue weighted by atomic mass is 35.5. The number of anilines is 3. The third kappa shape index (κ3) is 7.31. The first-order valence-electron chi connectivity index (χ1n) is 13.7. The molecule has 1 saturated carbocycles. The van der Waals surface area contributed by atoms with Crippen molar-refractivity contribution in [1.29, 1.82) is 0 Å². The van der Waals surface area contributed by atoms with Crippen LogP contribution in [0.1, 0.15) is 25.7 Å². The van der Waals surface area contributed by atoms with Crippen molar-refractivity contribution in [3.8, 4) is 11.3 Å². The summed E-state index contributed by atoms with van der Waals surface area (Å²) in [4.78, 5) is 39.6. The number of aromatic nitrogens is 3. The van der Waals surface area contributed by atoms with Gasteiger partial charge in [0.25, 0.3) is 0 Å². The first-order valence-corrected chi connectivity index (χ1v) is 14.1. The second kappa shape index (κ2) is 13.0. The minimum atomic E-state index is -0.192. The smallest absolute Gasteiger partial charge is 0.248 e. The number of para-hydroxylation sites is 1. The lowest BCUT2D eigenvalue weighted by Crippen LogP contribution is -2.34. The number of H-pyrrole nitrogens is 1. The molecule has 9 nitrogen and oxygen atoms in total. The molecule has 1 aliphatic carbocycles. The zero-order chi connectivity index (χ0) is 28.8. The zero-order valence-electron chi connectivity index (χ0n) is 23.2. The highest BCUT2D eigenvalue weighted by Gasteiger charge is 2.28. The molecule has 0 saturated heterocycles. The van der Waals surface area contributed by atoms with Crippen molar-refractivity contribution in [3.05, 3.63) is 78.1 Å².